The lowest BCUT2D eigenvalue weighted by Gasteiger charge is -2.36. The summed E-state index contributed by atoms with van der Waals surface area (Å²) in [5.41, 5.74) is 1.89. The predicted molar refractivity (Wildman–Crippen MR) is 118 cm³/mol. The van der Waals surface area contributed by atoms with Gasteiger partial charge < -0.3 is 15.0 Å². The number of hydrogen-bond acceptors (Lipinski definition) is 8. The Morgan fingerprint density at radius 3 is 2.77 bits per heavy atom. The van der Waals surface area contributed by atoms with Crippen molar-refractivity contribution in [1.29, 1.82) is 0 Å². The quantitative estimate of drug-likeness (QED) is 0.388. The largest absolute Gasteiger partial charge is 0.463 e. The smallest absolute Gasteiger partial charge is 0.338 e. The highest BCUT2D eigenvalue weighted by Gasteiger charge is 2.41. The Kier molecular flexibility index (Phi) is 6.79. The van der Waals surface area contributed by atoms with Crippen LogP contribution in [-0.2, 0) is 14.3 Å². The number of benzene rings is 1. The van der Waals surface area contributed by atoms with Gasteiger partial charge in [0.15, 0.2) is 5.17 Å². The normalized spacial score (nSPS) is 17.8. The zero-order chi connectivity index (χ0) is 22.7. The molecule has 164 valence electrons. The van der Waals surface area contributed by atoms with Crippen LogP contribution in [0.2, 0.25) is 0 Å². The molecule has 31 heavy (non-hydrogen) atoms. The third-order valence-corrected chi connectivity index (χ3v) is 5.57. The molecule has 0 bridgehead atoms. The molecule has 0 radical (unpaired) electrons. The summed E-state index contributed by atoms with van der Waals surface area (Å²) in [6, 6.07) is 5.43. The van der Waals surface area contributed by atoms with Gasteiger partial charge in [0.1, 0.15) is 0 Å². The van der Waals surface area contributed by atoms with Crippen molar-refractivity contribution >= 4 is 34.5 Å². The van der Waals surface area contributed by atoms with Gasteiger partial charge in [0, 0.05) is 23.9 Å². The lowest BCUT2D eigenvalue weighted by Crippen LogP contribution is -2.38. The predicted octanol–water partition coefficient (Wildman–Crippen LogP) is 3.65. The summed E-state index contributed by atoms with van der Waals surface area (Å²) in [7, 11) is 0. The van der Waals surface area contributed by atoms with Crippen LogP contribution in [-0.4, -0.2) is 39.5 Å². The van der Waals surface area contributed by atoms with E-state index in [0.717, 1.165) is 0 Å². The molecule has 1 aromatic carbocycles. The van der Waals surface area contributed by atoms with Crippen molar-refractivity contribution < 1.29 is 19.2 Å². The highest BCUT2D eigenvalue weighted by Crippen LogP contribution is 2.45. The van der Waals surface area contributed by atoms with Crippen LogP contribution in [0, 0.1) is 10.1 Å². The molecule has 1 atom stereocenters. The Labute approximate surface area is 184 Å². The van der Waals surface area contributed by atoms with Crippen molar-refractivity contribution in [2.45, 2.75) is 46.2 Å². The van der Waals surface area contributed by atoms with Gasteiger partial charge in [-0.2, -0.15) is 0 Å². The summed E-state index contributed by atoms with van der Waals surface area (Å²) in [5, 5.41) is 16.6. The number of allylic oxidation sites excluding steroid dienone is 1. The molecular formula is C21H24N4O5S. The van der Waals surface area contributed by atoms with Gasteiger partial charge in [-0.25, -0.2) is 9.79 Å². The van der Waals surface area contributed by atoms with Gasteiger partial charge in [-0.3, -0.25) is 14.9 Å². The highest BCUT2D eigenvalue weighted by atomic mass is 32.2. The number of nitro benzene ring substituents is 1. The number of hydrogen-bond donors (Lipinski definition) is 1. The summed E-state index contributed by atoms with van der Waals surface area (Å²) in [6.07, 6.45) is 0.0881. The summed E-state index contributed by atoms with van der Waals surface area (Å²) in [6.45, 7) is 7.36. The van der Waals surface area contributed by atoms with Gasteiger partial charge in [-0.1, -0.05) is 23.9 Å². The first-order chi connectivity index (χ1) is 14.7. The number of esters is 1. The Balaban J connectivity index is 2.08. The first-order valence-electron chi connectivity index (χ1n) is 9.88. The number of nitro groups is 1. The van der Waals surface area contributed by atoms with Crippen LogP contribution in [0.4, 0.5) is 5.69 Å². The number of nitrogens with one attached hydrogen (secondary N) is 1. The molecule has 2 aliphatic rings. The Morgan fingerprint density at radius 1 is 1.39 bits per heavy atom. The molecule has 1 unspecified atom stereocenters. The number of carbonyl (C=O) groups is 2. The Morgan fingerprint density at radius 2 is 2.13 bits per heavy atom. The van der Waals surface area contributed by atoms with Crippen molar-refractivity contribution in [3.8, 4) is 0 Å². The standard InChI is InChI=1S/C21H24N4O5S/c1-5-30-20(27)18-13(4)23-21-24(16(11-31-21)10-17(26)22-12(2)3)19(18)14-7-6-8-15(9-14)25(28)29/h6-9,11-12,19H,5,10H2,1-4H3,(H,22,26). The third kappa shape index (κ3) is 4.79. The van der Waals surface area contributed by atoms with E-state index in [1.54, 1.807) is 30.9 Å². The van der Waals surface area contributed by atoms with E-state index >= 15 is 0 Å². The van der Waals surface area contributed by atoms with Crippen molar-refractivity contribution in [3.05, 3.63) is 62.3 Å². The molecule has 0 saturated carbocycles. The maximum atomic E-state index is 12.9. The molecule has 9 nitrogen and oxygen atoms in total. The summed E-state index contributed by atoms with van der Waals surface area (Å²) in [5.74, 6) is -0.702. The van der Waals surface area contributed by atoms with Crippen molar-refractivity contribution in [3.63, 3.8) is 0 Å². The number of carbonyl (C=O) groups excluding carboxylic acids is 2. The maximum Gasteiger partial charge on any atom is 0.338 e. The second-order valence-corrected chi connectivity index (χ2v) is 8.20. The van der Waals surface area contributed by atoms with Gasteiger partial charge >= 0.3 is 5.97 Å². The minimum Gasteiger partial charge on any atom is -0.463 e. The van der Waals surface area contributed by atoms with E-state index in [9.17, 15) is 19.7 Å². The minimum atomic E-state index is -0.695. The van der Waals surface area contributed by atoms with Crippen molar-refractivity contribution in [2.24, 2.45) is 4.99 Å². The number of amides is 1. The van der Waals surface area contributed by atoms with E-state index in [2.05, 4.69) is 10.3 Å². The molecule has 3 rings (SSSR count). The number of aliphatic imine (C=N–C) groups is 1. The molecule has 1 amide bonds. The average Bonchev–Trinajstić information content (AvgIpc) is 3.08. The van der Waals surface area contributed by atoms with Gasteiger partial charge in [0.05, 0.1) is 35.3 Å². The first-order valence-corrected chi connectivity index (χ1v) is 10.8. The van der Waals surface area contributed by atoms with E-state index in [-0.39, 0.29) is 30.7 Å². The number of amidine groups is 1. The minimum absolute atomic E-state index is 0.0125. The van der Waals surface area contributed by atoms with E-state index in [1.165, 1.54) is 23.9 Å². The number of fused-ring (bicyclic) bond motifs is 1. The molecule has 1 N–H and O–H groups in total. The molecule has 0 spiro atoms. The molecular weight excluding hydrogens is 420 g/mol. The zero-order valence-electron chi connectivity index (χ0n) is 17.7. The van der Waals surface area contributed by atoms with Crippen LogP contribution < -0.4 is 5.32 Å². The number of nitrogens with zero attached hydrogens (tertiary/aromatic N) is 3. The number of thioether (sulfide) groups is 1. The second kappa shape index (κ2) is 9.34. The van der Waals surface area contributed by atoms with E-state index in [4.69, 9.17) is 4.74 Å². The average molecular weight is 445 g/mol. The van der Waals surface area contributed by atoms with Gasteiger partial charge in [-0.15, -0.1) is 0 Å². The fourth-order valence-corrected chi connectivity index (χ4v) is 4.47. The molecule has 10 heteroatoms. The van der Waals surface area contributed by atoms with Crippen molar-refractivity contribution in [1.82, 2.24) is 10.2 Å². The molecule has 0 saturated heterocycles. The van der Waals surface area contributed by atoms with Gasteiger partial charge in [-0.05, 0) is 38.7 Å². The molecule has 2 heterocycles. The summed E-state index contributed by atoms with van der Waals surface area (Å²) < 4.78 is 5.27. The van der Waals surface area contributed by atoms with Crippen LogP contribution >= 0.6 is 11.8 Å². The highest BCUT2D eigenvalue weighted by molar-refractivity contribution is 8.16. The van der Waals surface area contributed by atoms with Crippen LogP contribution in [0.5, 0.6) is 0 Å². The first kappa shape index (κ1) is 22.5. The lowest BCUT2D eigenvalue weighted by atomic mass is 9.93. The van der Waals surface area contributed by atoms with E-state index in [1.807, 2.05) is 19.3 Å². The van der Waals surface area contributed by atoms with Gasteiger partial charge in [0.25, 0.3) is 5.69 Å². The molecule has 0 fully saturated rings. The Hall–Kier alpha value is -3.14. The van der Waals surface area contributed by atoms with Crippen LogP contribution in [0.3, 0.4) is 0 Å². The fraction of sp³-hybridized carbons (Fsp3) is 0.381. The Bertz CT molecular complexity index is 1010. The lowest BCUT2D eigenvalue weighted by molar-refractivity contribution is -0.384. The molecule has 1 aromatic rings. The fourth-order valence-electron chi connectivity index (χ4n) is 3.50. The topological polar surface area (TPSA) is 114 Å². The van der Waals surface area contributed by atoms with Crippen LogP contribution in [0.1, 0.15) is 45.7 Å². The number of non-ortho nitro benzene ring substituents is 1. The third-order valence-electron chi connectivity index (χ3n) is 4.68. The van der Waals surface area contributed by atoms with Crippen molar-refractivity contribution in [2.75, 3.05) is 6.61 Å². The molecule has 0 aliphatic carbocycles. The molecule has 2 aliphatic heterocycles. The zero-order valence-corrected chi connectivity index (χ0v) is 18.6. The van der Waals surface area contributed by atoms with E-state index < -0.39 is 16.9 Å². The SMILES string of the molecule is CCOC(=O)C1=C(C)N=C2SC=C(CC(=O)NC(C)C)N2C1c1cccc([N+](=O)[O-])c1. The maximum absolute atomic E-state index is 12.9. The number of ether oxygens (including phenoxy) is 1. The van der Waals surface area contributed by atoms with E-state index in [0.29, 0.717) is 27.7 Å². The van der Waals surface area contributed by atoms with Crippen LogP contribution in [0.15, 0.2) is 51.6 Å². The summed E-state index contributed by atoms with van der Waals surface area (Å²) >= 11 is 1.35. The summed E-state index contributed by atoms with van der Waals surface area (Å²) in [4.78, 5) is 42.5. The van der Waals surface area contributed by atoms with Gasteiger partial charge in [0.2, 0.25) is 5.91 Å². The van der Waals surface area contributed by atoms with Crippen LogP contribution in [0.25, 0.3) is 0 Å². The molecule has 0 aromatic heterocycles. The second-order valence-electron chi connectivity index (χ2n) is 7.36. The monoisotopic (exact) mass is 444 g/mol. The number of rotatable bonds is 7.